The van der Waals surface area contributed by atoms with Crippen molar-refractivity contribution in [3.8, 4) is 0 Å². The third kappa shape index (κ3) is 6.09. The van der Waals surface area contributed by atoms with Gasteiger partial charge >= 0.3 is 0 Å². The highest BCUT2D eigenvalue weighted by Gasteiger charge is 2.11. The van der Waals surface area contributed by atoms with E-state index in [1.165, 1.54) is 5.57 Å². The standard InChI is InChI=1S/C25H36N4O/c1-9-18(4)21(27-22-15-17(3)11-13-26-22)16-20-12-14-29(10-2)24(30)23(20)19(5)28-25(6,7)8/h11-16,28H,9-10H2,1-8H3,(H,26,27)/b20-16-,21-18-,23-19-. The second-order valence-electron chi connectivity index (χ2n) is 8.77. The molecule has 2 aromatic rings. The number of allylic oxidation sites excluding steroid dienone is 2. The van der Waals surface area contributed by atoms with Gasteiger partial charge in [0.1, 0.15) is 5.82 Å². The monoisotopic (exact) mass is 408 g/mol. The van der Waals surface area contributed by atoms with Crippen LogP contribution in [-0.4, -0.2) is 15.1 Å². The Labute approximate surface area is 180 Å². The van der Waals surface area contributed by atoms with E-state index < -0.39 is 0 Å². The fraction of sp³-hybridized carbons (Fsp3) is 0.440. The molecule has 0 saturated carbocycles. The van der Waals surface area contributed by atoms with Crippen molar-refractivity contribution < 1.29 is 0 Å². The minimum atomic E-state index is -0.136. The molecule has 0 amide bonds. The van der Waals surface area contributed by atoms with E-state index in [1.807, 2.05) is 45.2 Å². The maximum atomic E-state index is 13.2. The predicted octanol–water partition coefficient (Wildman–Crippen LogP) is 3.66. The van der Waals surface area contributed by atoms with Crippen molar-refractivity contribution in [1.82, 2.24) is 14.9 Å². The smallest absolute Gasteiger partial charge is 0.260 e. The molecule has 0 fully saturated rings. The summed E-state index contributed by atoms with van der Waals surface area (Å²) in [5.41, 5.74) is 4.07. The van der Waals surface area contributed by atoms with Gasteiger partial charge in [0.25, 0.3) is 5.56 Å². The lowest BCUT2D eigenvalue weighted by Gasteiger charge is -2.22. The molecule has 30 heavy (non-hydrogen) atoms. The summed E-state index contributed by atoms with van der Waals surface area (Å²) in [5, 5.41) is 8.53. The molecule has 0 unspecified atom stereocenters. The SMILES string of the molecule is CC/C(C)=C(/C=c1/ccn(CC)c(=O)/c1=C(/C)NC(C)(C)C)Nc1cc(C)ccn1. The zero-order valence-electron chi connectivity index (χ0n) is 19.7. The minimum absolute atomic E-state index is 0.0164. The Kier molecular flexibility index (Phi) is 7.65. The molecule has 0 bridgehead atoms. The van der Waals surface area contributed by atoms with Crippen LogP contribution < -0.4 is 26.6 Å². The molecule has 2 N–H and O–H groups in total. The number of nitrogens with zero attached hydrogens (tertiary/aromatic N) is 2. The van der Waals surface area contributed by atoms with E-state index in [2.05, 4.69) is 56.3 Å². The molecule has 2 heterocycles. The number of hydrogen-bond acceptors (Lipinski definition) is 4. The van der Waals surface area contributed by atoms with Gasteiger partial charge < -0.3 is 15.2 Å². The topological polar surface area (TPSA) is 59.0 Å². The molecule has 0 radical (unpaired) electrons. The quantitative estimate of drug-likeness (QED) is 0.766. The third-order valence-corrected chi connectivity index (χ3v) is 4.94. The van der Waals surface area contributed by atoms with Crippen LogP contribution in [0.2, 0.25) is 0 Å². The summed E-state index contributed by atoms with van der Waals surface area (Å²) in [4.78, 5) is 17.6. The molecule has 162 valence electrons. The summed E-state index contributed by atoms with van der Waals surface area (Å²) in [6.07, 6.45) is 6.63. The van der Waals surface area contributed by atoms with E-state index in [-0.39, 0.29) is 11.1 Å². The van der Waals surface area contributed by atoms with Gasteiger partial charge in [0.2, 0.25) is 0 Å². The number of anilines is 1. The Bertz CT molecular complexity index is 1100. The number of nitrogens with one attached hydrogen (secondary N) is 2. The first-order valence-corrected chi connectivity index (χ1v) is 10.7. The second kappa shape index (κ2) is 9.79. The first-order chi connectivity index (χ1) is 14.1. The molecule has 0 aliphatic carbocycles. The van der Waals surface area contributed by atoms with E-state index >= 15 is 0 Å². The molecule has 0 aliphatic rings. The predicted molar refractivity (Wildman–Crippen MR) is 128 cm³/mol. The van der Waals surface area contributed by atoms with E-state index in [9.17, 15) is 4.79 Å². The maximum absolute atomic E-state index is 13.2. The van der Waals surface area contributed by atoms with Gasteiger partial charge in [0.05, 0.1) is 5.22 Å². The average molecular weight is 409 g/mol. The van der Waals surface area contributed by atoms with Crippen molar-refractivity contribution in [2.24, 2.45) is 0 Å². The van der Waals surface area contributed by atoms with Crippen molar-refractivity contribution in [2.45, 2.75) is 73.9 Å². The molecule has 0 aromatic carbocycles. The highest BCUT2D eigenvalue weighted by Crippen LogP contribution is 2.14. The Morgan fingerprint density at radius 1 is 1.20 bits per heavy atom. The van der Waals surface area contributed by atoms with Gasteiger partial charge in [0.15, 0.2) is 0 Å². The number of aromatic nitrogens is 2. The van der Waals surface area contributed by atoms with Crippen LogP contribution in [0.5, 0.6) is 0 Å². The summed E-state index contributed by atoms with van der Waals surface area (Å²) >= 11 is 0. The van der Waals surface area contributed by atoms with Crippen molar-refractivity contribution in [1.29, 1.82) is 0 Å². The highest BCUT2D eigenvalue weighted by molar-refractivity contribution is 5.60. The lowest BCUT2D eigenvalue weighted by atomic mass is 10.1. The fourth-order valence-electron chi connectivity index (χ4n) is 3.31. The van der Waals surface area contributed by atoms with Gasteiger partial charge in [-0.1, -0.05) is 12.5 Å². The molecule has 2 aromatic heterocycles. The van der Waals surface area contributed by atoms with Crippen molar-refractivity contribution in [2.75, 3.05) is 5.32 Å². The van der Waals surface area contributed by atoms with Crippen molar-refractivity contribution >= 4 is 17.6 Å². The lowest BCUT2D eigenvalue weighted by Crippen LogP contribution is -2.49. The van der Waals surface area contributed by atoms with Crippen LogP contribution in [0.3, 0.4) is 0 Å². The molecule has 2 rings (SSSR count). The average Bonchev–Trinajstić information content (AvgIpc) is 2.65. The molecular weight excluding hydrogens is 372 g/mol. The van der Waals surface area contributed by atoms with E-state index in [1.54, 1.807) is 10.8 Å². The zero-order valence-corrected chi connectivity index (χ0v) is 19.7. The normalized spacial score (nSPS) is 14.3. The second-order valence-corrected chi connectivity index (χ2v) is 8.77. The van der Waals surface area contributed by atoms with E-state index in [0.29, 0.717) is 11.8 Å². The third-order valence-electron chi connectivity index (χ3n) is 4.94. The van der Waals surface area contributed by atoms with Gasteiger partial charge in [-0.2, -0.15) is 0 Å². The summed E-state index contributed by atoms with van der Waals surface area (Å²) < 4.78 is 1.74. The van der Waals surface area contributed by atoms with E-state index in [0.717, 1.165) is 34.4 Å². The Morgan fingerprint density at radius 2 is 1.90 bits per heavy atom. The first-order valence-electron chi connectivity index (χ1n) is 10.7. The maximum Gasteiger partial charge on any atom is 0.260 e. The summed E-state index contributed by atoms with van der Waals surface area (Å²) in [5.74, 6) is 0.797. The van der Waals surface area contributed by atoms with E-state index in [4.69, 9.17) is 0 Å². The Hall–Kier alpha value is -2.82. The molecule has 0 aliphatic heterocycles. The van der Waals surface area contributed by atoms with Crippen molar-refractivity contribution in [3.63, 3.8) is 0 Å². The highest BCUT2D eigenvalue weighted by atomic mass is 16.1. The summed E-state index contributed by atoms with van der Waals surface area (Å²) in [6, 6.07) is 6.01. The lowest BCUT2D eigenvalue weighted by molar-refractivity contribution is 0.497. The molecule has 0 spiro atoms. The molecule has 0 atom stereocenters. The van der Waals surface area contributed by atoms with Crippen LogP contribution in [0, 0.1) is 6.92 Å². The molecular formula is C25H36N4O. The van der Waals surface area contributed by atoms with Gasteiger partial charge in [-0.25, -0.2) is 4.98 Å². The number of hydrogen-bond donors (Lipinski definition) is 2. The molecule has 5 nitrogen and oxygen atoms in total. The van der Waals surface area contributed by atoms with Crippen LogP contribution in [0.1, 0.15) is 60.5 Å². The number of pyridine rings is 2. The Morgan fingerprint density at radius 3 is 2.47 bits per heavy atom. The minimum Gasteiger partial charge on any atom is -0.383 e. The zero-order chi connectivity index (χ0) is 22.5. The van der Waals surface area contributed by atoms with Crippen LogP contribution >= 0.6 is 0 Å². The Balaban J connectivity index is 2.77. The van der Waals surface area contributed by atoms with Gasteiger partial charge in [0, 0.05) is 35.9 Å². The van der Waals surface area contributed by atoms with Crippen LogP contribution in [0.15, 0.2) is 46.7 Å². The van der Waals surface area contributed by atoms with Crippen LogP contribution in [-0.2, 0) is 6.54 Å². The summed E-state index contributed by atoms with van der Waals surface area (Å²) in [7, 11) is 0. The van der Waals surface area contributed by atoms with Gasteiger partial charge in [-0.05, 0) is 89.9 Å². The molecule has 5 heteroatoms. The van der Waals surface area contributed by atoms with Gasteiger partial charge in [-0.3, -0.25) is 4.79 Å². The first kappa shape index (κ1) is 23.5. The van der Waals surface area contributed by atoms with Crippen molar-refractivity contribution in [3.05, 3.63) is 68.2 Å². The molecule has 0 saturated heterocycles. The van der Waals surface area contributed by atoms with Crippen LogP contribution in [0.25, 0.3) is 11.8 Å². The number of rotatable bonds is 6. The summed E-state index contributed by atoms with van der Waals surface area (Å²) in [6.45, 7) is 17.2. The number of aryl methyl sites for hydroxylation is 2. The van der Waals surface area contributed by atoms with Gasteiger partial charge in [-0.15, -0.1) is 0 Å². The fourth-order valence-corrected chi connectivity index (χ4v) is 3.31. The largest absolute Gasteiger partial charge is 0.383 e. The van der Waals surface area contributed by atoms with Crippen LogP contribution in [0.4, 0.5) is 5.82 Å².